The topological polar surface area (TPSA) is 0 Å². The summed E-state index contributed by atoms with van der Waals surface area (Å²) in [6.07, 6.45) is 0. The van der Waals surface area contributed by atoms with E-state index in [1.165, 1.54) is 115 Å². The highest BCUT2D eigenvalue weighted by Gasteiger charge is 2.40. The van der Waals surface area contributed by atoms with Crippen molar-refractivity contribution in [3.63, 3.8) is 0 Å². The van der Waals surface area contributed by atoms with Gasteiger partial charge in [0.05, 0.1) is 0 Å². The Morgan fingerprint density at radius 3 is 1.50 bits per heavy atom. The van der Waals surface area contributed by atoms with Crippen molar-refractivity contribution in [3.05, 3.63) is 229 Å². The van der Waals surface area contributed by atoms with E-state index in [1.54, 1.807) is 0 Å². The van der Waals surface area contributed by atoms with Gasteiger partial charge in [-0.05, 0) is 141 Å². The monoisotopic (exact) mass is 734 g/mol. The minimum Gasteiger partial charge on any atom is -0.0622 e. The van der Waals surface area contributed by atoms with Gasteiger partial charge in [-0.2, -0.15) is 0 Å². The van der Waals surface area contributed by atoms with Gasteiger partial charge in [-0.25, -0.2) is 0 Å². The molecule has 58 heavy (non-hydrogen) atoms. The average Bonchev–Trinajstić information content (AvgIpc) is 3.55. The molecule has 0 fully saturated rings. The predicted molar refractivity (Wildman–Crippen MR) is 247 cm³/mol. The van der Waals surface area contributed by atoms with Crippen molar-refractivity contribution >= 4 is 43.1 Å². The van der Waals surface area contributed by atoms with E-state index in [9.17, 15) is 0 Å². The lowest BCUT2D eigenvalue weighted by atomic mass is 9.74. The lowest BCUT2D eigenvalue weighted by Crippen LogP contribution is -2.22. The molecule has 0 aromatic heterocycles. The highest BCUT2D eigenvalue weighted by atomic mass is 14.4. The molecule has 0 aliphatic heterocycles. The van der Waals surface area contributed by atoms with E-state index in [1.807, 2.05) is 0 Å². The zero-order valence-corrected chi connectivity index (χ0v) is 32.2. The average molecular weight is 735 g/mol. The Morgan fingerprint density at radius 2 is 0.793 bits per heavy atom. The van der Waals surface area contributed by atoms with E-state index in [0.717, 1.165) is 0 Å². The van der Waals surface area contributed by atoms with Gasteiger partial charge >= 0.3 is 0 Å². The van der Waals surface area contributed by atoms with Crippen molar-refractivity contribution < 1.29 is 0 Å². The van der Waals surface area contributed by atoms with Gasteiger partial charge in [0, 0.05) is 5.41 Å². The maximum Gasteiger partial charge on any atom is 0.0435 e. The molecule has 0 radical (unpaired) electrons. The fourth-order valence-electron chi connectivity index (χ4n) is 10.3. The van der Waals surface area contributed by atoms with Crippen molar-refractivity contribution in [3.8, 4) is 55.6 Å². The molecule has 0 heterocycles. The Hall–Kier alpha value is -7.28. The van der Waals surface area contributed by atoms with Gasteiger partial charge in [-0.15, -0.1) is 0 Å². The quantitative estimate of drug-likeness (QED) is 0.154. The molecule has 1 aliphatic carbocycles. The Bertz CT molecular complexity index is 3390. The number of hydrogen-bond acceptors (Lipinski definition) is 0. The van der Waals surface area contributed by atoms with E-state index >= 15 is 0 Å². The van der Waals surface area contributed by atoms with Gasteiger partial charge in [0.1, 0.15) is 0 Å². The Labute approximate surface area is 338 Å². The molecule has 11 aromatic rings. The molecule has 0 bridgehead atoms. The first-order chi connectivity index (χ1) is 28.6. The molecule has 0 amide bonds. The van der Waals surface area contributed by atoms with Crippen LogP contribution in [0.4, 0.5) is 0 Å². The summed E-state index contributed by atoms with van der Waals surface area (Å²) in [5.74, 6) is 0. The second kappa shape index (κ2) is 12.6. The molecule has 1 atom stereocenters. The van der Waals surface area contributed by atoms with E-state index in [4.69, 9.17) is 0 Å². The van der Waals surface area contributed by atoms with Crippen LogP contribution >= 0.6 is 0 Å². The summed E-state index contributed by atoms with van der Waals surface area (Å²) in [4.78, 5) is 0. The Balaban J connectivity index is 1.02. The molecule has 0 nitrogen and oxygen atoms in total. The summed E-state index contributed by atoms with van der Waals surface area (Å²) >= 11 is 0. The molecule has 1 unspecified atom stereocenters. The number of rotatable bonds is 5. The minimum absolute atomic E-state index is 0.238. The van der Waals surface area contributed by atoms with Crippen LogP contribution in [-0.2, 0) is 5.41 Å². The molecule has 12 rings (SSSR count). The lowest BCUT2D eigenvalue weighted by molar-refractivity contribution is 0.715. The minimum atomic E-state index is -0.238. The van der Waals surface area contributed by atoms with Crippen molar-refractivity contribution in [2.45, 2.75) is 12.3 Å². The summed E-state index contributed by atoms with van der Waals surface area (Å²) < 4.78 is 0. The number of hydrogen-bond donors (Lipinski definition) is 0. The van der Waals surface area contributed by atoms with Crippen molar-refractivity contribution in [1.82, 2.24) is 0 Å². The smallest absolute Gasteiger partial charge is 0.0435 e. The van der Waals surface area contributed by atoms with Crippen LogP contribution in [0.3, 0.4) is 0 Å². The highest BCUT2D eigenvalue weighted by Crippen LogP contribution is 2.53. The lowest BCUT2D eigenvalue weighted by Gasteiger charge is -2.28. The summed E-state index contributed by atoms with van der Waals surface area (Å²) in [7, 11) is 0. The van der Waals surface area contributed by atoms with Crippen LogP contribution in [-0.4, -0.2) is 0 Å². The van der Waals surface area contributed by atoms with Gasteiger partial charge in [0.25, 0.3) is 0 Å². The molecular weight excluding hydrogens is 697 g/mol. The first-order valence-electron chi connectivity index (χ1n) is 20.3. The molecular formula is C58H38. The zero-order valence-electron chi connectivity index (χ0n) is 32.2. The van der Waals surface area contributed by atoms with Crippen LogP contribution in [0.5, 0.6) is 0 Å². The van der Waals surface area contributed by atoms with E-state index < -0.39 is 0 Å². The van der Waals surface area contributed by atoms with Gasteiger partial charge < -0.3 is 0 Å². The maximum atomic E-state index is 2.46. The Kier molecular flexibility index (Phi) is 7.16. The normalized spacial score (nSPS) is 14.7. The van der Waals surface area contributed by atoms with Gasteiger partial charge in [0.15, 0.2) is 0 Å². The largest absolute Gasteiger partial charge is 0.0622 e. The number of benzene rings is 11. The van der Waals surface area contributed by atoms with E-state index in [0.29, 0.717) is 0 Å². The van der Waals surface area contributed by atoms with Crippen LogP contribution in [0.2, 0.25) is 0 Å². The second-order valence-electron chi connectivity index (χ2n) is 16.1. The summed E-state index contributed by atoms with van der Waals surface area (Å²) in [6, 6.07) is 79.1. The molecule has 1 aliphatic rings. The highest BCUT2D eigenvalue weighted by molar-refractivity contribution is 6.28. The fraction of sp³-hybridized carbons (Fsp3) is 0.0345. The molecule has 0 heteroatoms. The third-order valence-corrected chi connectivity index (χ3v) is 13.1. The van der Waals surface area contributed by atoms with Crippen molar-refractivity contribution in [2.75, 3.05) is 0 Å². The van der Waals surface area contributed by atoms with Crippen LogP contribution in [0.25, 0.3) is 98.7 Å². The van der Waals surface area contributed by atoms with Crippen LogP contribution in [0.15, 0.2) is 212 Å². The molecule has 0 saturated heterocycles. The summed E-state index contributed by atoms with van der Waals surface area (Å²) in [5, 5.41) is 10.3. The van der Waals surface area contributed by atoms with E-state index in [2.05, 4.69) is 219 Å². The third kappa shape index (κ3) is 4.76. The van der Waals surface area contributed by atoms with Gasteiger partial charge in [-0.1, -0.05) is 194 Å². The molecule has 0 spiro atoms. The predicted octanol–water partition coefficient (Wildman–Crippen LogP) is 15.7. The zero-order chi connectivity index (χ0) is 38.4. The first kappa shape index (κ1) is 32.9. The van der Waals surface area contributed by atoms with Gasteiger partial charge in [-0.3, -0.25) is 0 Å². The number of fused-ring (bicyclic) bond motifs is 4. The first-order valence-corrected chi connectivity index (χ1v) is 20.3. The summed E-state index contributed by atoms with van der Waals surface area (Å²) in [5.41, 5.74) is 16.4. The second-order valence-corrected chi connectivity index (χ2v) is 16.1. The standard InChI is InChI=1S/C58H38/c1-58(43-16-6-3-7-17-43)54-23-13-12-22-50(54)53-35-40-24-25-41(34-42(40)36-55(53)58)44-18-8-9-19-46(44)47-20-10-11-21-48(47)49-31-27-39-28-32-51-45(37-14-4-2-5-15-37)30-26-38-29-33-52(49)57(39)56(38)51/h2-36H,1H3. The molecule has 0 N–H and O–H groups in total. The fourth-order valence-corrected chi connectivity index (χ4v) is 10.3. The van der Waals surface area contributed by atoms with Crippen molar-refractivity contribution in [1.29, 1.82) is 0 Å². The maximum absolute atomic E-state index is 2.46. The summed E-state index contributed by atoms with van der Waals surface area (Å²) in [6.45, 7) is 2.40. The van der Waals surface area contributed by atoms with Crippen molar-refractivity contribution in [2.24, 2.45) is 0 Å². The third-order valence-electron chi connectivity index (χ3n) is 13.1. The molecule has 11 aromatic carbocycles. The van der Waals surface area contributed by atoms with Crippen LogP contribution < -0.4 is 0 Å². The van der Waals surface area contributed by atoms with Crippen LogP contribution in [0, 0.1) is 0 Å². The van der Waals surface area contributed by atoms with Gasteiger partial charge in [0.2, 0.25) is 0 Å². The SMILES string of the molecule is CC1(c2ccccc2)c2ccccc2-c2cc3ccc(-c4ccccc4-c4ccccc4-c4ccc5ccc6c(-c7ccccc7)ccc7ccc4c5c76)cc3cc21. The molecule has 0 saturated carbocycles. The molecule has 270 valence electrons. The van der Waals surface area contributed by atoms with E-state index in [-0.39, 0.29) is 5.41 Å². The van der Waals surface area contributed by atoms with Crippen LogP contribution in [0.1, 0.15) is 23.6 Å². The Morgan fingerprint density at radius 1 is 0.276 bits per heavy atom.